The average Bonchev–Trinajstić information content (AvgIpc) is 2.91. The monoisotopic (exact) mass is 344 g/mol. The molecular weight excluding hydrogens is 328 g/mol. The molecule has 9 heteroatoms. The predicted octanol–water partition coefficient (Wildman–Crippen LogP) is 2.00. The van der Waals surface area contributed by atoms with Crippen molar-refractivity contribution in [1.82, 2.24) is 15.3 Å². The maximum atomic E-state index is 12.4. The molecule has 1 aliphatic rings. The molecule has 1 saturated heterocycles. The second kappa shape index (κ2) is 7.17. The minimum absolute atomic E-state index is 0. The molecular formula is C13H17ClN4O3S. The Kier molecular flexibility index (Phi) is 5.49. The van der Waals surface area contributed by atoms with Crippen molar-refractivity contribution < 1.29 is 9.13 Å². The van der Waals surface area contributed by atoms with Crippen LogP contribution in [0.25, 0.3) is 11.0 Å². The molecule has 2 N–H and O–H groups in total. The lowest BCUT2D eigenvalue weighted by Crippen LogP contribution is -2.32. The van der Waals surface area contributed by atoms with Gasteiger partial charge >= 0.3 is 0 Å². The lowest BCUT2D eigenvalue weighted by atomic mass is 10.0. The Morgan fingerprint density at radius 3 is 2.95 bits per heavy atom. The molecule has 1 aromatic carbocycles. The maximum absolute atomic E-state index is 12.4. The minimum Gasteiger partial charge on any atom is -0.331 e. The molecule has 3 rings (SSSR count). The summed E-state index contributed by atoms with van der Waals surface area (Å²) in [4.78, 5) is 17.5. The van der Waals surface area contributed by atoms with Crippen LogP contribution in [0.5, 0.6) is 0 Å². The number of nitro groups is 1. The molecule has 2 atom stereocenters. The summed E-state index contributed by atoms with van der Waals surface area (Å²) in [6, 6.07) is 4.40. The number of nitro benzene ring substituents is 1. The van der Waals surface area contributed by atoms with Crippen LogP contribution in [0.4, 0.5) is 5.69 Å². The number of hydrogen-bond donors (Lipinski definition) is 2. The summed E-state index contributed by atoms with van der Waals surface area (Å²) < 4.78 is 12.4. The van der Waals surface area contributed by atoms with Crippen LogP contribution in [-0.4, -0.2) is 37.9 Å². The van der Waals surface area contributed by atoms with Gasteiger partial charge in [0.05, 0.1) is 26.8 Å². The number of benzene rings is 1. The summed E-state index contributed by atoms with van der Waals surface area (Å²) in [6.07, 6.45) is 2.18. The number of H-pyrrole nitrogens is 1. The van der Waals surface area contributed by atoms with Gasteiger partial charge in [-0.3, -0.25) is 14.3 Å². The lowest BCUT2D eigenvalue weighted by Gasteiger charge is -2.21. The third-order valence-electron chi connectivity index (χ3n) is 3.66. The Bertz CT molecular complexity index is 700. The van der Waals surface area contributed by atoms with Crippen LogP contribution in [0.15, 0.2) is 23.4 Å². The minimum atomic E-state index is -1.21. The number of nitrogens with one attached hydrogen (secondary N) is 2. The van der Waals surface area contributed by atoms with Crippen LogP contribution in [0.2, 0.25) is 0 Å². The summed E-state index contributed by atoms with van der Waals surface area (Å²) >= 11 is 0. The van der Waals surface area contributed by atoms with Gasteiger partial charge in [0.1, 0.15) is 0 Å². The molecule has 1 fully saturated rings. The fraction of sp³-hybridized carbons (Fsp3) is 0.462. The Morgan fingerprint density at radius 1 is 1.45 bits per heavy atom. The molecule has 2 heterocycles. The molecule has 1 aliphatic heterocycles. The molecule has 22 heavy (non-hydrogen) atoms. The van der Waals surface area contributed by atoms with Crippen molar-refractivity contribution in [3.8, 4) is 0 Å². The van der Waals surface area contributed by atoms with Crippen LogP contribution in [0, 0.1) is 16.0 Å². The van der Waals surface area contributed by atoms with E-state index in [1.807, 2.05) is 0 Å². The molecule has 0 spiro atoms. The van der Waals surface area contributed by atoms with Crippen molar-refractivity contribution >= 4 is 39.9 Å². The number of aromatic nitrogens is 2. The zero-order valence-electron chi connectivity index (χ0n) is 11.8. The molecule has 0 aliphatic carbocycles. The van der Waals surface area contributed by atoms with Crippen LogP contribution < -0.4 is 5.32 Å². The smallest absolute Gasteiger partial charge is 0.271 e. The van der Waals surface area contributed by atoms with E-state index in [0.29, 0.717) is 27.9 Å². The van der Waals surface area contributed by atoms with Crippen molar-refractivity contribution in [2.24, 2.45) is 5.92 Å². The SMILES string of the molecule is Cl.O=[N+]([O-])c1ccc2nc(S(=O)CC3CCCNC3)[nH]c2c1. The van der Waals surface area contributed by atoms with Gasteiger partial charge in [-0.1, -0.05) is 0 Å². The van der Waals surface area contributed by atoms with Crippen LogP contribution >= 0.6 is 12.4 Å². The predicted molar refractivity (Wildman–Crippen MR) is 86.9 cm³/mol. The number of imidazole rings is 1. The summed E-state index contributed by atoms with van der Waals surface area (Å²) in [5, 5.41) is 14.4. The fourth-order valence-corrected chi connectivity index (χ4v) is 3.85. The molecule has 0 radical (unpaired) electrons. The van der Waals surface area contributed by atoms with Gasteiger partial charge < -0.3 is 10.3 Å². The Balaban J connectivity index is 0.00000176. The molecule has 2 unspecified atom stereocenters. The number of aromatic amines is 1. The summed E-state index contributed by atoms with van der Waals surface area (Å²) in [7, 11) is -1.21. The quantitative estimate of drug-likeness (QED) is 0.652. The standard InChI is InChI=1S/C13H16N4O3S.ClH/c18-17(19)10-3-4-11-12(6-10)16-13(15-11)21(20)8-9-2-1-5-14-7-9;/h3-4,6,9,14H,1-2,5,7-8H2,(H,15,16);1H. The Morgan fingerprint density at radius 2 is 2.27 bits per heavy atom. The number of non-ortho nitro benzene ring substituents is 1. The number of piperidine rings is 1. The van der Waals surface area contributed by atoms with Crippen LogP contribution in [-0.2, 0) is 10.8 Å². The third kappa shape index (κ3) is 3.63. The Hall–Kier alpha value is -1.51. The van der Waals surface area contributed by atoms with Crippen molar-refractivity contribution in [3.05, 3.63) is 28.3 Å². The fourth-order valence-electron chi connectivity index (χ4n) is 2.55. The van der Waals surface area contributed by atoms with Gasteiger partial charge in [-0.05, 0) is 37.9 Å². The highest BCUT2D eigenvalue weighted by atomic mass is 35.5. The first-order valence-corrected chi connectivity index (χ1v) is 8.18. The summed E-state index contributed by atoms with van der Waals surface area (Å²) in [6.45, 7) is 1.91. The normalized spacial score (nSPS) is 19.5. The highest BCUT2D eigenvalue weighted by Gasteiger charge is 2.19. The molecule has 120 valence electrons. The van der Waals surface area contributed by atoms with E-state index in [2.05, 4.69) is 15.3 Å². The van der Waals surface area contributed by atoms with Crippen LogP contribution in [0.3, 0.4) is 0 Å². The number of halogens is 1. The first-order chi connectivity index (χ1) is 10.1. The van der Waals surface area contributed by atoms with Gasteiger partial charge in [-0.25, -0.2) is 4.98 Å². The van der Waals surface area contributed by atoms with E-state index in [0.717, 1.165) is 25.9 Å². The molecule has 0 amide bonds. The molecule has 0 saturated carbocycles. The topological polar surface area (TPSA) is 101 Å². The maximum Gasteiger partial charge on any atom is 0.271 e. The zero-order chi connectivity index (χ0) is 14.8. The van der Waals surface area contributed by atoms with E-state index in [9.17, 15) is 14.3 Å². The van der Waals surface area contributed by atoms with Crippen LogP contribution in [0.1, 0.15) is 12.8 Å². The van der Waals surface area contributed by atoms with E-state index < -0.39 is 15.7 Å². The molecule has 7 nitrogen and oxygen atoms in total. The van der Waals surface area contributed by atoms with Crippen molar-refractivity contribution in [1.29, 1.82) is 0 Å². The van der Waals surface area contributed by atoms with Crippen molar-refractivity contribution in [2.75, 3.05) is 18.8 Å². The number of nitrogens with zero attached hydrogens (tertiary/aromatic N) is 2. The zero-order valence-corrected chi connectivity index (χ0v) is 13.4. The number of fused-ring (bicyclic) bond motifs is 1. The Labute approximate surface area is 135 Å². The van der Waals surface area contributed by atoms with E-state index >= 15 is 0 Å². The first-order valence-electron chi connectivity index (χ1n) is 6.87. The van der Waals surface area contributed by atoms with E-state index in [1.165, 1.54) is 12.1 Å². The molecule has 2 aromatic rings. The van der Waals surface area contributed by atoms with Gasteiger partial charge in [0.25, 0.3) is 5.69 Å². The van der Waals surface area contributed by atoms with Crippen molar-refractivity contribution in [3.63, 3.8) is 0 Å². The van der Waals surface area contributed by atoms with E-state index in [1.54, 1.807) is 6.07 Å². The highest BCUT2D eigenvalue weighted by molar-refractivity contribution is 7.84. The van der Waals surface area contributed by atoms with Gasteiger partial charge in [0.2, 0.25) is 0 Å². The summed E-state index contributed by atoms with van der Waals surface area (Å²) in [5.41, 5.74) is 1.15. The lowest BCUT2D eigenvalue weighted by molar-refractivity contribution is -0.384. The summed E-state index contributed by atoms with van der Waals surface area (Å²) in [5.74, 6) is 0.955. The van der Waals surface area contributed by atoms with E-state index in [-0.39, 0.29) is 18.1 Å². The number of rotatable bonds is 4. The first kappa shape index (κ1) is 16.9. The number of hydrogen-bond acceptors (Lipinski definition) is 5. The molecule has 1 aromatic heterocycles. The largest absolute Gasteiger partial charge is 0.331 e. The molecule has 0 bridgehead atoms. The van der Waals surface area contributed by atoms with Gasteiger partial charge in [-0.2, -0.15) is 0 Å². The van der Waals surface area contributed by atoms with Gasteiger partial charge in [0, 0.05) is 17.9 Å². The van der Waals surface area contributed by atoms with E-state index in [4.69, 9.17) is 0 Å². The average molecular weight is 345 g/mol. The highest BCUT2D eigenvalue weighted by Crippen LogP contribution is 2.21. The second-order valence-corrected chi connectivity index (χ2v) is 6.64. The second-order valence-electron chi connectivity index (χ2n) is 5.23. The van der Waals surface area contributed by atoms with Gasteiger partial charge in [0.15, 0.2) is 5.16 Å². The van der Waals surface area contributed by atoms with Crippen molar-refractivity contribution in [2.45, 2.75) is 18.0 Å². The third-order valence-corrected chi connectivity index (χ3v) is 5.06. The van der Waals surface area contributed by atoms with Gasteiger partial charge in [-0.15, -0.1) is 12.4 Å².